The van der Waals surface area contributed by atoms with Gasteiger partial charge in [0.25, 0.3) is 0 Å². The van der Waals surface area contributed by atoms with Crippen molar-refractivity contribution in [3.63, 3.8) is 0 Å². The quantitative estimate of drug-likeness (QED) is 0.826. The molecule has 1 N–H and O–H groups in total. The molecule has 1 aliphatic carbocycles. The number of fused-ring (bicyclic) bond motifs is 1. The molecule has 0 aromatic carbocycles. The third-order valence-corrected chi connectivity index (χ3v) is 2.99. The largest absolute Gasteiger partial charge is 0.323 e. The van der Waals surface area contributed by atoms with Crippen molar-refractivity contribution in [1.82, 2.24) is 14.6 Å². The first kappa shape index (κ1) is 9.33. The standard InChI is InChI=1S/C11H12N4O/c16-11(8-2-1-3-8)14-9-6-12-10-4-5-13-15(10)7-9/h4-8H,1-3H2,(H,14,16). The van der Waals surface area contributed by atoms with Gasteiger partial charge in [-0.3, -0.25) is 4.79 Å². The molecule has 5 nitrogen and oxygen atoms in total. The number of amides is 1. The van der Waals surface area contributed by atoms with Gasteiger partial charge in [0.05, 0.1) is 24.3 Å². The summed E-state index contributed by atoms with van der Waals surface area (Å²) in [5, 5.41) is 6.93. The zero-order valence-electron chi connectivity index (χ0n) is 8.76. The van der Waals surface area contributed by atoms with E-state index < -0.39 is 0 Å². The molecule has 1 fully saturated rings. The van der Waals surface area contributed by atoms with Crippen molar-refractivity contribution in [3.05, 3.63) is 24.7 Å². The summed E-state index contributed by atoms with van der Waals surface area (Å²) in [6.07, 6.45) is 8.29. The fraction of sp³-hybridized carbons (Fsp3) is 0.364. The van der Waals surface area contributed by atoms with E-state index in [0.717, 1.165) is 24.9 Å². The summed E-state index contributed by atoms with van der Waals surface area (Å²) >= 11 is 0. The minimum atomic E-state index is 0.0968. The number of anilines is 1. The van der Waals surface area contributed by atoms with Crippen LogP contribution in [0.2, 0.25) is 0 Å². The zero-order chi connectivity index (χ0) is 11.0. The number of hydrogen-bond donors (Lipinski definition) is 1. The Hall–Kier alpha value is -1.91. The van der Waals surface area contributed by atoms with Gasteiger partial charge in [-0.05, 0) is 12.8 Å². The monoisotopic (exact) mass is 216 g/mol. The van der Waals surface area contributed by atoms with Crippen LogP contribution in [-0.2, 0) is 4.79 Å². The first-order valence-electron chi connectivity index (χ1n) is 5.43. The minimum absolute atomic E-state index is 0.0968. The molecule has 0 spiro atoms. The second-order valence-corrected chi connectivity index (χ2v) is 4.09. The maximum absolute atomic E-state index is 11.7. The molecule has 2 aromatic rings. The zero-order valence-corrected chi connectivity index (χ0v) is 8.76. The normalized spacial score (nSPS) is 16.0. The van der Waals surface area contributed by atoms with Crippen molar-refractivity contribution in [2.24, 2.45) is 5.92 Å². The summed E-state index contributed by atoms with van der Waals surface area (Å²) in [5.41, 5.74) is 1.48. The molecule has 0 radical (unpaired) electrons. The molecule has 16 heavy (non-hydrogen) atoms. The maximum atomic E-state index is 11.7. The van der Waals surface area contributed by atoms with E-state index in [1.54, 1.807) is 23.1 Å². The summed E-state index contributed by atoms with van der Waals surface area (Å²) in [6.45, 7) is 0. The molecule has 3 rings (SSSR count). The van der Waals surface area contributed by atoms with Crippen LogP contribution in [0.3, 0.4) is 0 Å². The molecule has 0 bridgehead atoms. The van der Waals surface area contributed by atoms with Crippen molar-refractivity contribution in [2.45, 2.75) is 19.3 Å². The molecule has 1 aliphatic rings. The van der Waals surface area contributed by atoms with E-state index in [0.29, 0.717) is 5.69 Å². The van der Waals surface area contributed by atoms with Crippen molar-refractivity contribution in [2.75, 3.05) is 5.32 Å². The van der Waals surface area contributed by atoms with Crippen LogP contribution in [0.5, 0.6) is 0 Å². The third kappa shape index (κ3) is 1.54. The molecule has 2 aromatic heterocycles. The van der Waals surface area contributed by atoms with Crippen molar-refractivity contribution in [3.8, 4) is 0 Å². The van der Waals surface area contributed by atoms with Gasteiger partial charge in [-0.15, -0.1) is 0 Å². The molecule has 0 atom stereocenters. The molecule has 0 saturated heterocycles. The van der Waals surface area contributed by atoms with Gasteiger partial charge in [-0.25, -0.2) is 9.50 Å². The average Bonchev–Trinajstić information content (AvgIpc) is 2.61. The summed E-state index contributed by atoms with van der Waals surface area (Å²) < 4.78 is 1.65. The smallest absolute Gasteiger partial charge is 0.227 e. The van der Waals surface area contributed by atoms with E-state index in [4.69, 9.17) is 0 Å². The Bertz CT molecular complexity index is 530. The molecule has 5 heteroatoms. The highest BCUT2D eigenvalue weighted by molar-refractivity contribution is 5.92. The molecule has 1 amide bonds. The predicted molar refractivity (Wildman–Crippen MR) is 59.0 cm³/mol. The number of carbonyl (C=O) groups is 1. The van der Waals surface area contributed by atoms with Gasteiger partial charge in [0, 0.05) is 12.0 Å². The van der Waals surface area contributed by atoms with E-state index in [1.165, 1.54) is 0 Å². The van der Waals surface area contributed by atoms with Crippen LogP contribution in [0.15, 0.2) is 24.7 Å². The topological polar surface area (TPSA) is 59.3 Å². The Balaban J connectivity index is 1.80. The van der Waals surface area contributed by atoms with Gasteiger partial charge in [0.15, 0.2) is 5.65 Å². The van der Waals surface area contributed by atoms with Gasteiger partial charge in [0.2, 0.25) is 5.91 Å². The lowest BCUT2D eigenvalue weighted by Gasteiger charge is -2.23. The van der Waals surface area contributed by atoms with E-state index in [1.807, 2.05) is 6.07 Å². The number of rotatable bonds is 2. The van der Waals surface area contributed by atoms with Crippen LogP contribution in [0.4, 0.5) is 5.69 Å². The third-order valence-electron chi connectivity index (χ3n) is 2.99. The maximum Gasteiger partial charge on any atom is 0.227 e. The second kappa shape index (κ2) is 3.59. The number of nitrogens with one attached hydrogen (secondary N) is 1. The van der Waals surface area contributed by atoms with Crippen LogP contribution in [0.1, 0.15) is 19.3 Å². The SMILES string of the molecule is O=C(Nc1cnc2ccnn2c1)C1CCC1. The number of hydrogen-bond acceptors (Lipinski definition) is 3. The highest BCUT2D eigenvalue weighted by Gasteiger charge is 2.25. The summed E-state index contributed by atoms with van der Waals surface area (Å²) in [7, 11) is 0. The Morgan fingerprint density at radius 2 is 2.38 bits per heavy atom. The summed E-state index contributed by atoms with van der Waals surface area (Å²) in [5.74, 6) is 0.285. The second-order valence-electron chi connectivity index (χ2n) is 4.09. The van der Waals surface area contributed by atoms with Crippen LogP contribution < -0.4 is 5.32 Å². The lowest BCUT2D eigenvalue weighted by atomic mass is 9.85. The lowest BCUT2D eigenvalue weighted by Crippen LogP contribution is -2.28. The van der Waals surface area contributed by atoms with E-state index in [2.05, 4.69) is 15.4 Å². The van der Waals surface area contributed by atoms with E-state index in [9.17, 15) is 4.79 Å². The highest BCUT2D eigenvalue weighted by atomic mass is 16.1. The van der Waals surface area contributed by atoms with E-state index >= 15 is 0 Å². The Morgan fingerprint density at radius 1 is 1.50 bits per heavy atom. The van der Waals surface area contributed by atoms with Crippen LogP contribution in [0, 0.1) is 5.92 Å². The van der Waals surface area contributed by atoms with E-state index in [-0.39, 0.29) is 11.8 Å². The Kier molecular flexibility index (Phi) is 2.09. The van der Waals surface area contributed by atoms with Gasteiger partial charge >= 0.3 is 0 Å². The molecular formula is C11H12N4O. The van der Waals surface area contributed by atoms with Crippen LogP contribution in [-0.4, -0.2) is 20.5 Å². The average molecular weight is 216 g/mol. The Morgan fingerprint density at radius 3 is 3.12 bits per heavy atom. The van der Waals surface area contributed by atoms with Crippen molar-refractivity contribution < 1.29 is 4.79 Å². The highest BCUT2D eigenvalue weighted by Crippen LogP contribution is 2.27. The fourth-order valence-electron chi connectivity index (χ4n) is 1.79. The molecule has 0 unspecified atom stereocenters. The minimum Gasteiger partial charge on any atom is -0.323 e. The first-order valence-corrected chi connectivity index (χ1v) is 5.43. The fourth-order valence-corrected chi connectivity index (χ4v) is 1.79. The molecule has 0 aliphatic heterocycles. The van der Waals surface area contributed by atoms with Gasteiger partial charge in [-0.2, -0.15) is 5.10 Å². The molecule has 2 heterocycles. The Labute approximate surface area is 92.5 Å². The molecular weight excluding hydrogens is 204 g/mol. The summed E-state index contributed by atoms with van der Waals surface area (Å²) in [6, 6.07) is 1.82. The predicted octanol–water partition coefficient (Wildman–Crippen LogP) is 1.47. The van der Waals surface area contributed by atoms with Crippen LogP contribution in [0.25, 0.3) is 5.65 Å². The number of aromatic nitrogens is 3. The molecule has 82 valence electrons. The molecule has 1 saturated carbocycles. The van der Waals surface area contributed by atoms with Gasteiger partial charge in [-0.1, -0.05) is 6.42 Å². The van der Waals surface area contributed by atoms with Crippen LogP contribution >= 0.6 is 0 Å². The first-order chi connectivity index (χ1) is 7.83. The number of carbonyl (C=O) groups excluding carboxylic acids is 1. The van der Waals surface area contributed by atoms with Crippen molar-refractivity contribution in [1.29, 1.82) is 0 Å². The van der Waals surface area contributed by atoms with Gasteiger partial charge < -0.3 is 5.32 Å². The summed E-state index contributed by atoms with van der Waals surface area (Å²) in [4.78, 5) is 15.9. The lowest BCUT2D eigenvalue weighted by molar-refractivity contribution is -0.122. The van der Waals surface area contributed by atoms with Crippen molar-refractivity contribution >= 4 is 17.2 Å². The van der Waals surface area contributed by atoms with Gasteiger partial charge in [0.1, 0.15) is 0 Å². The number of nitrogens with zero attached hydrogens (tertiary/aromatic N) is 3.